The van der Waals surface area contributed by atoms with Gasteiger partial charge < -0.3 is 14.6 Å². The van der Waals surface area contributed by atoms with Crippen LogP contribution in [0.1, 0.15) is 18.1 Å². The molecule has 0 fully saturated rings. The van der Waals surface area contributed by atoms with Gasteiger partial charge in [0.2, 0.25) is 0 Å². The van der Waals surface area contributed by atoms with Gasteiger partial charge in [-0.3, -0.25) is 4.79 Å². The third-order valence-electron chi connectivity index (χ3n) is 5.20. The number of ether oxygens (including phenoxy) is 2. The number of hydrogen-bond donors (Lipinski definition) is 1. The van der Waals surface area contributed by atoms with Gasteiger partial charge in [-0.05, 0) is 71.5 Å². The Morgan fingerprint density at radius 3 is 2.61 bits per heavy atom. The maximum atomic E-state index is 13.4. The second kappa shape index (κ2) is 11.2. The lowest BCUT2D eigenvalue weighted by Crippen LogP contribution is -2.20. The molecule has 38 heavy (non-hydrogen) atoms. The molecule has 12 heteroatoms. The molecule has 0 aliphatic rings. The van der Waals surface area contributed by atoms with E-state index in [-0.39, 0.29) is 34.9 Å². The minimum absolute atomic E-state index is 0.0573. The molecule has 1 aromatic heterocycles. The molecule has 1 N–H and O–H groups in total. The van der Waals surface area contributed by atoms with Crippen LogP contribution in [0.2, 0.25) is 0 Å². The highest BCUT2D eigenvalue weighted by molar-refractivity contribution is 14.1. The molecule has 0 radical (unpaired) electrons. The van der Waals surface area contributed by atoms with Gasteiger partial charge in [-0.1, -0.05) is 24.3 Å². The fraction of sp³-hybridized carbons (Fsp3) is 0.154. The van der Waals surface area contributed by atoms with E-state index < -0.39 is 29.9 Å². The van der Waals surface area contributed by atoms with E-state index in [1.54, 1.807) is 43.3 Å². The summed E-state index contributed by atoms with van der Waals surface area (Å²) >= 11 is 1.95. The van der Waals surface area contributed by atoms with Gasteiger partial charge >= 0.3 is 12.1 Å². The number of benzene rings is 3. The Kier molecular flexibility index (Phi) is 7.99. The largest absolute Gasteiger partial charge is 0.490 e. The van der Waals surface area contributed by atoms with Crippen molar-refractivity contribution in [3.05, 3.63) is 85.7 Å². The summed E-state index contributed by atoms with van der Waals surface area (Å²) in [4.78, 5) is 28.7. The number of rotatable bonds is 8. The van der Waals surface area contributed by atoms with Gasteiger partial charge in [-0.25, -0.2) is 9.78 Å². The third-order valence-corrected chi connectivity index (χ3v) is 6.00. The van der Waals surface area contributed by atoms with E-state index in [0.29, 0.717) is 14.7 Å². The predicted molar refractivity (Wildman–Crippen MR) is 143 cm³/mol. The van der Waals surface area contributed by atoms with E-state index in [4.69, 9.17) is 14.6 Å². The molecule has 0 unspecified atom stereocenters. The maximum absolute atomic E-state index is 13.4. The second-order valence-corrected chi connectivity index (χ2v) is 9.00. The molecule has 196 valence electrons. The van der Waals surface area contributed by atoms with Crippen LogP contribution in [0, 0.1) is 3.57 Å². The fourth-order valence-corrected chi connectivity index (χ4v) is 4.36. The summed E-state index contributed by atoms with van der Waals surface area (Å²) in [6.07, 6.45) is -3.25. The van der Waals surface area contributed by atoms with Crippen LogP contribution in [0.15, 0.2) is 70.6 Å². The molecular weight excluding hydrogens is 618 g/mol. The summed E-state index contributed by atoms with van der Waals surface area (Å²) in [5.41, 5.74) is -0.622. The maximum Gasteiger partial charge on any atom is 0.416 e. The number of aliphatic carboxylic acids is 1. The highest BCUT2D eigenvalue weighted by Gasteiger charge is 2.31. The number of carbonyl (C=O) groups is 1. The Hall–Kier alpha value is -3.94. The predicted octanol–water partition coefficient (Wildman–Crippen LogP) is 5.43. The highest BCUT2D eigenvalue weighted by Crippen LogP contribution is 2.34. The van der Waals surface area contributed by atoms with Crippen molar-refractivity contribution in [2.45, 2.75) is 13.1 Å². The fourth-order valence-electron chi connectivity index (χ4n) is 3.58. The number of alkyl halides is 3. The number of aromatic nitrogens is 2. The lowest BCUT2D eigenvalue weighted by atomic mass is 10.1. The number of para-hydroxylation sites is 1. The average molecular weight is 637 g/mol. The van der Waals surface area contributed by atoms with Gasteiger partial charge in [-0.15, -0.1) is 0 Å². The Balaban J connectivity index is 1.85. The van der Waals surface area contributed by atoms with E-state index in [1.165, 1.54) is 18.3 Å². The van der Waals surface area contributed by atoms with Gasteiger partial charge in [0.05, 0.1) is 32.9 Å². The van der Waals surface area contributed by atoms with Crippen molar-refractivity contribution in [3.8, 4) is 22.9 Å². The Bertz CT molecular complexity index is 1600. The van der Waals surface area contributed by atoms with Crippen molar-refractivity contribution in [2.75, 3.05) is 13.2 Å². The van der Waals surface area contributed by atoms with Gasteiger partial charge in [0.1, 0.15) is 0 Å². The number of fused-ring (bicyclic) bond motifs is 1. The van der Waals surface area contributed by atoms with Crippen LogP contribution in [-0.4, -0.2) is 40.2 Å². The first kappa shape index (κ1) is 27.1. The number of halogens is 4. The van der Waals surface area contributed by atoms with Crippen molar-refractivity contribution in [1.82, 2.24) is 9.66 Å². The van der Waals surface area contributed by atoms with Crippen LogP contribution < -0.4 is 15.0 Å². The Morgan fingerprint density at radius 1 is 1.13 bits per heavy atom. The van der Waals surface area contributed by atoms with Gasteiger partial charge in [0.15, 0.2) is 23.9 Å². The van der Waals surface area contributed by atoms with Crippen LogP contribution in [0.3, 0.4) is 0 Å². The van der Waals surface area contributed by atoms with Crippen molar-refractivity contribution in [1.29, 1.82) is 0 Å². The van der Waals surface area contributed by atoms with E-state index in [0.717, 1.165) is 16.8 Å². The SMILES string of the molecule is CCOc1cc(C=Nn2c(-c3cccc(C(F)(F)F)c3)nc3ccccc3c2=O)cc(I)c1OCC(=O)O. The summed E-state index contributed by atoms with van der Waals surface area (Å²) in [5, 5.41) is 13.5. The molecule has 0 bridgehead atoms. The van der Waals surface area contributed by atoms with Crippen LogP contribution in [0.25, 0.3) is 22.3 Å². The summed E-state index contributed by atoms with van der Waals surface area (Å²) < 4.78 is 52.6. The number of carboxylic acids is 1. The summed E-state index contributed by atoms with van der Waals surface area (Å²) in [5.74, 6) is -0.721. The van der Waals surface area contributed by atoms with Crippen molar-refractivity contribution in [2.24, 2.45) is 5.10 Å². The average Bonchev–Trinajstić information content (AvgIpc) is 2.87. The standard InChI is InChI=1S/C26H19F3IN3O5/c1-2-37-21-11-15(10-19(30)23(21)38-14-22(34)35)13-31-33-24(16-6-5-7-17(12-16)26(27,28)29)32-20-9-4-3-8-18(20)25(33)36/h3-13H,2,14H2,1H3,(H,34,35). The molecule has 4 rings (SSSR count). The topological polar surface area (TPSA) is 103 Å². The molecule has 8 nitrogen and oxygen atoms in total. The molecule has 0 atom stereocenters. The Morgan fingerprint density at radius 2 is 1.89 bits per heavy atom. The van der Waals surface area contributed by atoms with Gasteiger partial charge in [0.25, 0.3) is 5.56 Å². The summed E-state index contributed by atoms with van der Waals surface area (Å²) in [6.45, 7) is 1.45. The number of nitrogens with zero attached hydrogens (tertiary/aromatic N) is 3. The second-order valence-electron chi connectivity index (χ2n) is 7.84. The van der Waals surface area contributed by atoms with Gasteiger partial charge in [0, 0.05) is 5.56 Å². The zero-order chi connectivity index (χ0) is 27.4. The third kappa shape index (κ3) is 5.96. The van der Waals surface area contributed by atoms with Crippen LogP contribution in [0.5, 0.6) is 11.5 Å². The molecule has 0 saturated heterocycles. The lowest BCUT2D eigenvalue weighted by Gasteiger charge is -2.14. The molecule has 0 aliphatic heterocycles. The molecule has 0 aliphatic carbocycles. The molecule has 3 aromatic carbocycles. The summed E-state index contributed by atoms with van der Waals surface area (Å²) in [7, 11) is 0. The van der Waals surface area contributed by atoms with Crippen molar-refractivity contribution >= 4 is 45.7 Å². The van der Waals surface area contributed by atoms with E-state index in [9.17, 15) is 22.8 Å². The molecule has 4 aromatic rings. The normalized spacial score (nSPS) is 11.7. The van der Waals surface area contributed by atoms with Gasteiger partial charge in [-0.2, -0.15) is 22.9 Å². The van der Waals surface area contributed by atoms with E-state index >= 15 is 0 Å². The highest BCUT2D eigenvalue weighted by atomic mass is 127. The first-order chi connectivity index (χ1) is 18.1. The first-order valence-corrected chi connectivity index (χ1v) is 12.2. The monoisotopic (exact) mass is 637 g/mol. The summed E-state index contributed by atoms with van der Waals surface area (Å²) in [6, 6.07) is 14.1. The minimum Gasteiger partial charge on any atom is -0.490 e. The molecular formula is C26H19F3IN3O5. The molecule has 0 amide bonds. The number of hydrogen-bond acceptors (Lipinski definition) is 6. The van der Waals surface area contributed by atoms with Crippen LogP contribution >= 0.6 is 22.6 Å². The molecule has 0 spiro atoms. The van der Waals surface area contributed by atoms with E-state index in [1.807, 2.05) is 22.6 Å². The Labute approximate surface area is 227 Å². The van der Waals surface area contributed by atoms with Crippen molar-refractivity contribution < 1.29 is 32.5 Å². The molecule has 1 heterocycles. The first-order valence-electron chi connectivity index (χ1n) is 11.1. The zero-order valence-corrected chi connectivity index (χ0v) is 21.9. The minimum atomic E-state index is -4.59. The van der Waals surface area contributed by atoms with E-state index in [2.05, 4.69) is 10.1 Å². The van der Waals surface area contributed by atoms with Crippen LogP contribution in [0.4, 0.5) is 13.2 Å². The molecule has 0 saturated carbocycles. The van der Waals surface area contributed by atoms with Crippen LogP contribution in [-0.2, 0) is 11.0 Å². The zero-order valence-electron chi connectivity index (χ0n) is 19.7. The van der Waals surface area contributed by atoms with Crippen molar-refractivity contribution in [3.63, 3.8) is 0 Å². The number of carboxylic acid groups (broad SMARTS) is 1. The lowest BCUT2D eigenvalue weighted by molar-refractivity contribution is -0.139. The smallest absolute Gasteiger partial charge is 0.416 e. The quantitative estimate of drug-likeness (QED) is 0.204.